The molecule has 3 aromatic heterocycles. The molecular formula is C46H48N6O4. The first-order chi connectivity index (χ1) is 26.7. The molecule has 10 nitrogen and oxygen atoms in total. The van der Waals surface area contributed by atoms with Gasteiger partial charge in [0.15, 0.2) is 0 Å². The second-order valence-corrected chi connectivity index (χ2v) is 16.1. The Morgan fingerprint density at radius 2 is 0.982 bits per heavy atom. The molecule has 0 unspecified atom stereocenters. The number of hydrogen-bond acceptors (Lipinski definition) is 6. The number of carbonyl (C=O) groups is 2. The summed E-state index contributed by atoms with van der Waals surface area (Å²) in [4.78, 5) is 44.1. The van der Waals surface area contributed by atoms with Gasteiger partial charge in [0.25, 0.3) is 0 Å². The Labute approximate surface area is 327 Å². The second-order valence-electron chi connectivity index (χ2n) is 16.1. The van der Waals surface area contributed by atoms with E-state index < -0.39 is 35.5 Å². The third-order valence-corrected chi connectivity index (χ3v) is 9.12. The molecule has 286 valence electrons. The van der Waals surface area contributed by atoms with Gasteiger partial charge in [-0.2, -0.15) is 0 Å². The van der Waals surface area contributed by atoms with Crippen molar-refractivity contribution in [1.29, 1.82) is 0 Å². The molecule has 8 bridgehead atoms. The average Bonchev–Trinajstić information content (AvgIpc) is 3.95. The molecule has 0 spiro atoms. The molecule has 2 aromatic carbocycles. The minimum Gasteiger partial charge on any atom is -0.444 e. The van der Waals surface area contributed by atoms with Gasteiger partial charge in [0.1, 0.15) is 11.2 Å². The van der Waals surface area contributed by atoms with Crippen LogP contribution in [0.1, 0.15) is 98.7 Å². The highest BCUT2D eigenvalue weighted by Gasteiger charge is 2.27. The Balaban J connectivity index is 1.41. The van der Waals surface area contributed by atoms with Gasteiger partial charge >= 0.3 is 12.2 Å². The average molecular weight is 749 g/mol. The number of ether oxygens (including phenoxy) is 2. The summed E-state index contributed by atoms with van der Waals surface area (Å²) in [6.07, 6.45) is 7.83. The molecule has 0 fully saturated rings. The zero-order valence-corrected chi connectivity index (χ0v) is 32.6. The molecule has 2 amide bonds. The predicted octanol–water partition coefficient (Wildman–Crippen LogP) is 10.3. The number of aromatic nitrogens is 4. The van der Waals surface area contributed by atoms with Crippen molar-refractivity contribution in [1.82, 2.24) is 30.6 Å². The number of benzene rings is 2. The predicted molar refractivity (Wildman–Crippen MR) is 223 cm³/mol. The topological polar surface area (TPSA) is 134 Å². The summed E-state index contributed by atoms with van der Waals surface area (Å²) < 4.78 is 11.5. The zero-order valence-electron chi connectivity index (χ0n) is 32.6. The number of fused-ring (bicyclic) bond motifs is 8. The van der Waals surface area contributed by atoms with E-state index in [2.05, 4.69) is 32.7 Å². The fourth-order valence-electron chi connectivity index (χ4n) is 6.90. The van der Waals surface area contributed by atoms with Crippen LogP contribution in [-0.4, -0.2) is 43.3 Å². The smallest absolute Gasteiger partial charge is 0.408 e. The number of H-pyrrole nitrogens is 2. The van der Waals surface area contributed by atoms with Crippen LogP contribution in [0.15, 0.2) is 97.1 Å². The molecule has 2 atom stereocenters. The van der Waals surface area contributed by atoms with Crippen LogP contribution in [0.2, 0.25) is 0 Å². The highest BCUT2D eigenvalue weighted by atomic mass is 16.6. The molecule has 2 aliphatic heterocycles. The van der Waals surface area contributed by atoms with E-state index in [0.29, 0.717) is 24.2 Å². The molecule has 2 aliphatic rings. The van der Waals surface area contributed by atoms with Crippen LogP contribution in [0.4, 0.5) is 9.59 Å². The van der Waals surface area contributed by atoms with Gasteiger partial charge in [0.2, 0.25) is 0 Å². The third-order valence-electron chi connectivity index (χ3n) is 9.12. The van der Waals surface area contributed by atoms with Crippen molar-refractivity contribution in [3.05, 3.63) is 142 Å². The van der Waals surface area contributed by atoms with Crippen LogP contribution in [0.5, 0.6) is 0 Å². The summed E-state index contributed by atoms with van der Waals surface area (Å²) in [7, 11) is 0. The van der Waals surface area contributed by atoms with Gasteiger partial charge in [-0.1, -0.05) is 60.7 Å². The molecular weight excluding hydrogens is 701 g/mol. The number of aromatic amines is 2. The Bertz CT molecular complexity index is 2360. The molecule has 5 heterocycles. The summed E-state index contributed by atoms with van der Waals surface area (Å²) in [6, 6.07) is 31.1. The van der Waals surface area contributed by atoms with Crippen molar-refractivity contribution in [3.8, 4) is 0 Å². The highest BCUT2D eigenvalue weighted by Crippen LogP contribution is 2.32. The molecule has 56 heavy (non-hydrogen) atoms. The molecule has 0 saturated carbocycles. The minimum absolute atomic E-state index is 0.465. The van der Waals surface area contributed by atoms with E-state index in [9.17, 15) is 9.59 Å². The maximum atomic E-state index is 13.4. The normalized spacial score (nSPS) is 13.5. The SMILES string of the molecule is CC(C)(C)OC(=O)N[C@@H](Cc1ccccc1)c1c2nc(cc3ccc([nH]3)c([C@H](Cc3ccccc3)NC(=O)OC(C)(C)C)c3ccc(cc4nc1C=C4)[nH]3)C=C2. The van der Waals surface area contributed by atoms with Crippen molar-refractivity contribution < 1.29 is 19.1 Å². The first-order valence-electron chi connectivity index (χ1n) is 18.9. The van der Waals surface area contributed by atoms with Crippen molar-refractivity contribution >= 4 is 58.6 Å². The first-order valence-corrected chi connectivity index (χ1v) is 18.9. The van der Waals surface area contributed by atoms with Gasteiger partial charge in [0.05, 0.1) is 34.9 Å². The standard InChI is InChI=1S/C46H48N6O4/c1-45(2,3)55-43(53)51-39(25-29-13-9-7-10-14-29)41-35-21-17-31(47-35)27-33-19-23-37(49-33)42(38-24-20-34(50-38)28-32-18-22-36(41)48-32)40(26-30-15-11-8-12-16-30)52-44(54)56-46(4,5)6/h7-24,27-28,39-40,47-48H,25-26H2,1-6H3,(H,51,53)(H,52,54)/t39-,40-/m0/s1. The third kappa shape index (κ3) is 9.62. The summed E-state index contributed by atoms with van der Waals surface area (Å²) in [5.41, 5.74) is 8.53. The Morgan fingerprint density at radius 1 is 0.571 bits per heavy atom. The van der Waals surface area contributed by atoms with Gasteiger partial charge in [-0.15, -0.1) is 0 Å². The first kappa shape index (κ1) is 37.9. The minimum atomic E-state index is -0.678. The zero-order chi connectivity index (χ0) is 39.5. The Hall–Kier alpha value is -6.42. The summed E-state index contributed by atoms with van der Waals surface area (Å²) in [5.74, 6) is 0. The lowest BCUT2D eigenvalue weighted by molar-refractivity contribution is 0.0491. The summed E-state index contributed by atoms with van der Waals surface area (Å²) >= 11 is 0. The van der Waals surface area contributed by atoms with E-state index in [-0.39, 0.29) is 0 Å². The van der Waals surface area contributed by atoms with E-state index >= 15 is 0 Å². The monoisotopic (exact) mass is 748 g/mol. The van der Waals surface area contributed by atoms with Crippen LogP contribution < -0.4 is 10.6 Å². The van der Waals surface area contributed by atoms with Crippen LogP contribution in [0, 0.1) is 0 Å². The fraction of sp³-hybridized carbons (Fsp3) is 0.261. The van der Waals surface area contributed by atoms with E-state index in [4.69, 9.17) is 19.4 Å². The number of nitrogens with zero attached hydrogens (tertiary/aromatic N) is 2. The van der Waals surface area contributed by atoms with E-state index in [1.54, 1.807) is 0 Å². The molecule has 0 saturated heterocycles. The molecule has 0 radical (unpaired) electrons. The number of alkyl carbamates (subject to hydrolysis) is 2. The van der Waals surface area contributed by atoms with E-state index in [1.165, 1.54) is 0 Å². The summed E-state index contributed by atoms with van der Waals surface area (Å²) in [5, 5.41) is 6.33. The number of rotatable bonds is 8. The summed E-state index contributed by atoms with van der Waals surface area (Å²) in [6.45, 7) is 11.1. The van der Waals surface area contributed by atoms with Crippen LogP contribution in [0.3, 0.4) is 0 Å². The van der Waals surface area contributed by atoms with Crippen molar-refractivity contribution in [2.75, 3.05) is 0 Å². The largest absolute Gasteiger partial charge is 0.444 e. The molecule has 7 rings (SSSR count). The second kappa shape index (κ2) is 15.7. The van der Waals surface area contributed by atoms with E-state index in [0.717, 1.165) is 55.7 Å². The lowest BCUT2D eigenvalue weighted by atomic mass is 9.96. The molecule has 4 N–H and O–H groups in total. The maximum Gasteiger partial charge on any atom is 0.408 e. The lowest BCUT2D eigenvalue weighted by Crippen LogP contribution is -2.36. The van der Waals surface area contributed by atoms with Gasteiger partial charge in [0, 0.05) is 33.2 Å². The maximum absolute atomic E-state index is 13.4. The molecule has 0 aliphatic carbocycles. The number of carbonyl (C=O) groups excluding carboxylic acids is 2. The van der Waals surface area contributed by atoms with Crippen molar-refractivity contribution in [2.24, 2.45) is 0 Å². The quantitative estimate of drug-likeness (QED) is 0.122. The van der Waals surface area contributed by atoms with Crippen molar-refractivity contribution in [2.45, 2.75) is 77.7 Å². The van der Waals surface area contributed by atoms with Gasteiger partial charge in [-0.25, -0.2) is 19.6 Å². The number of amides is 2. The van der Waals surface area contributed by atoms with Gasteiger partial charge in [-0.05, 0) is 126 Å². The van der Waals surface area contributed by atoms with Crippen LogP contribution >= 0.6 is 0 Å². The fourth-order valence-corrected chi connectivity index (χ4v) is 6.90. The van der Waals surface area contributed by atoms with Crippen LogP contribution in [0.25, 0.3) is 46.4 Å². The Morgan fingerprint density at radius 3 is 1.39 bits per heavy atom. The van der Waals surface area contributed by atoms with Gasteiger partial charge < -0.3 is 30.1 Å². The Kier molecular flexibility index (Phi) is 10.6. The number of hydrogen-bond donors (Lipinski definition) is 4. The lowest BCUT2D eigenvalue weighted by Gasteiger charge is -2.25. The van der Waals surface area contributed by atoms with Crippen molar-refractivity contribution in [3.63, 3.8) is 0 Å². The highest BCUT2D eigenvalue weighted by molar-refractivity contribution is 5.82. The number of nitrogens with one attached hydrogen (secondary N) is 4. The molecule has 10 heteroatoms. The van der Waals surface area contributed by atoms with Crippen LogP contribution in [-0.2, 0) is 22.3 Å². The van der Waals surface area contributed by atoms with Gasteiger partial charge in [-0.3, -0.25) is 0 Å². The molecule has 5 aromatic rings. The van der Waals surface area contributed by atoms with E-state index in [1.807, 2.05) is 151 Å².